The zero-order valence-electron chi connectivity index (χ0n) is 11.5. The van der Waals surface area contributed by atoms with Gasteiger partial charge in [0.1, 0.15) is 6.61 Å². The lowest BCUT2D eigenvalue weighted by Gasteiger charge is -2.17. The van der Waals surface area contributed by atoms with Gasteiger partial charge in [-0.15, -0.1) is 0 Å². The maximum Gasteiger partial charge on any atom is 0.261 e. The van der Waals surface area contributed by atoms with Gasteiger partial charge in [-0.3, -0.25) is 4.79 Å². The van der Waals surface area contributed by atoms with Crippen LogP contribution >= 0.6 is 0 Å². The topological polar surface area (TPSA) is 88.2 Å². The summed E-state index contributed by atoms with van der Waals surface area (Å²) < 4.78 is 28.4. The van der Waals surface area contributed by atoms with E-state index in [4.69, 9.17) is 10.9 Å². The number of ether oxygens (including phenoxy) is 1. The number of alkyl halides is 2. The fourth-order valence-corrected chi connectivity index (χ4v) is 1.56. The number of nitrogens with two attached hydrogens (primary N) is 1. The van der Waals surface area contributed by atoms with Crippen molar-refractivity contribution in [3.63, 3.8) is 0 Å². The summed E-state index contributed by atoms with van der Waals surface area (Å²) in [6, 6.07) is 6.46. The quantitative estimate of drug-likeness (QED) is 0.262. The van der Waals surface area contributed by atoms with Crippen LogP contribution in [-0.4, -0.2) is 43.6 Å². The van der Waals surface area contributed by atoms with Gasteiger partial charge in [-0.25, -0.2) is 8.78 Å². The minimum atomic E-state index is -2.54. The fraction of sp³-hybridized carbons (Fsp3) is 0.385. The molecule has 0 atom stereocenters. The Hall–Kier alpha value is -2.22. The number of carbonyl (C=O) groups is 1. The van der Waals surface area contributed by atoms with E-state index >= 15 is 0 Å². The average Bonchev–Trinajstić information content (AvgIpc) is 2.49. The van der Waals surface area contributed by atoms with Crippen molar-refractivity contribution in [2.75, 3.05) is 25.2 Å². The number of oxime groups is 1. The van der Waals surface area contributed by atoms with Crippen LogP contribution in [0.1, 0.15) is 12.0 Å². The average molecular weight is 301 g/mol. The van der Waals surface area contributed by atoms with Crippen LogP contribution in [0.3, 0.4) is 0 Å². The molecule has 0 fully saturated rings. The minimum Gasteiger partial charge on any atom is -0.409 e. The van der Waals surface area contributed by atoms with E-state index in [1.54, 1.807) is 31.3 Å². The third-order valence-electron chi connectivity index (χ3n) is 2.74. The molecule has 0 bridgehead atoms. The molecule has 1 rings (SSSR count). The number of hydrogen-bond acceptors (Lipinski definition) is 4. The second-order valence-electron chi connectivity index (χ2n) is 4.20. The Bertz CT molecular complexity index is 492. The van der Waals surface area contributed by atoms with Crippen LogP contribution in [0, 0.1) is 0 Å². The molecular weight excluding hydrogens is 284 g/mol. The number of halogens is 2. The molecule has 0 aliphatic carbocycles. The molecule has 3 N–H and O–H groups in total. The Labute approximate surface area is 120 Å². The SMILES string of the molecule is CN(C(=O)CCOCC(F)F)c1ccc(/C(N)=N/O)cc1. The number of nitrogens with zero attached hydrogens (tertiary/aromatic N) is 2. The summed E-state index contributed by atoms with van der Waals surface area (Å²) >= 11 is 0. The smallest absolute Gasteiger partial charge is 0.261 e. The maximum atomic E-state index is 11.9. The van der Waals surface area contributed by atoms with Gasteiger partial charge in [-0.2, -0.15) is 0 Å². The Kier molecular flexibility index (Phi) is 6.54. The van der Waals surface area contributed by atoms with E-state index in [2.05, 4.69) is 9.89 Å². The molecule has 1 aromatic rings. The van der Waals surface area contributed by atoms with Crippen LogP contribution in [0.15, 0.2) is 29.4 Å². The monoisotopic (exact) mass is 301 g/mol. The molecule has 0 radical (unpaired) electrons. The van der Waals surface area contributed by atoms with Gasteiger partial charge >= 0.3 is 0 Å². The van der Waals surface area contributed by atoms with Crippen LogP contribution in [0.5, 0.6) is 0 Å². The number of rotatable bonds is 7. The molecule has 0 aliphatic heterocycles. The minimum absolute atomic E-state index is 0.00517. The van der Waals surface area contributed by atoms with E-state index in [9.17, 15) is 13.6 Å². The van der Waals surface area contributed by atoms with Gasteiger partial charge in [-0.1, -0.05) is 5.16 Å². The second-order valence-corrected chi connectivity index (χ2v) is 4.20. The van der Waals surface area contributed by atoms with Crippen molar-refractivity contribution in [3.05, 3.63) is 29.8 Å². The van der Waals surface area contributed by atoms with Gasteiger partial charge < -0.3 is 20.6 Å². The summed E-state index contributed by atoms with van der Waals surface area (Å²) in [5.74, 6) is -0.295. The summed E-state index contributed by atoms with van der Waals surface area (Å²) in [4.78, 5) is 13.2. The lowest BCUT2D eigenvalue weighted by Crippen LogP contribution is -2.27. The second kappa shape index (κ2) is 8.15. The molecule has 0 unspecified atom stereocenters. The standard InChI is InChI=1S/C13H17F2N3O3/c1-18(12(19)6-7-21-8-11(14)15)10-4-2-9(3-5-10)13(16)17-20/h2-5,11,20H,6-8H2,1H3,(H2,16,17). The number of anilines is 1. The van der Waals surface area contributed by atoms with E-state index in [-0.39, 0.29) is 24.8 Å². The molecule has 0 spiro atoms. The molecule has 6 nitrogen and oxygen atoms in total. The molecule has 1 amide bonds. The van der Waals surface area contributed by atoms with Crippen molar-refractivity contribution in [1.29, 1.82) is 0 Å². The van der Waals surface area contributed by atoms with Gasteiger partial charge in [0, 0.05) is 18.3 Å². The van der Waals surface area contributed by atoms with Crippen molar-refractivity contribution in [3.8, 4) is 0 Å². The summed E-state index contributed by atoms with van der Waals surface area (Å²) in [5, 5.41) is 11.4. The molecule has 0 saturated heterocycles. The zero-order valence-corrected chi connectivity index (χ0v) is 11.5. The molecule has 116 valence electrons. The number of amides is 1. The van der Waals surface area contributed by atoms with Gasteiger partial charge in [0.15, 0.2) is 5.84 Å². The van der Waals surface area contributed by atoms with E-state index in [1.165, 1.54) is 4.90 Å². The predicted molar refractivity (Wildman–Crippen MR) is 73.8 cm³/mol. The Morgan fingerprint density at radius 2 is 2.05 bits per heavy atom. The van der Waals surface area contributed by atoms with Crippen LogP contribution in [-0.2, 0) is 9.53 Å². The number of hydrogen-bond donors (Lipinski definition) is 2. The Morgan fingerprint density at radius 1 is 1.43 bits per heavy atom. The molecule has 21 heavy (non-hydrogen) atoms. The molecule has 0 heterocycles. The lowest BCUT2D eigenvalue weighted by molar-refractivity contribution is -0.119. The molecule has 0 saturated carbocycles. The summed E-state index contributed by atoms with van der Waals surface area (Å²) in [6.07, 6.45) is -2.53. The van der Waals surface area contributed by atoms with Crippen molar-refractivity contribution < 1.29 is 23.5 Å². The number of carbonyl (C=O) groups excluding carboxylic acids is 1. The zero-order chi connectivity index (χ0) is 15.8. The maximum absolute atomic E-state index is 11.9. The summed E-state index contributed by atoms with van der Waals surface area (Å²) in [5.41, 5.74) is 6.54. The van der Waals surface area contributed by atoms with Gasteiger partial charge in [-0.05, 0) is 24.3 Å². The first kappa shape index (κ1) is 16.8. The van der Waals surface area contributed by atoms with E-state index in [0.29, 0.717) is 11.3 Å². The third kappa shape index (κ3) is 5.35. The number of amidine groups is 1. The number of benzene rings is 1. The van der Waals surface area contributed by atoms with E-state index < -0.39 is 13.0 Å². The van der Waals surface area contributed by atoms with Crippen LogP contribution in [0.4, 0.5) is 14.5 Å². The molecular formula is C13H17F2N3O3. The van der Waals surface area contributed by atoms with Gasteiger partial charge in [0.2, 0.25) is 5.91 Å². The normalized spacial score (nSPS) is 11.7. The molecule has 8 heteroatoms. The molecule has 0 aliphatic rings. The first-order chi connectivity index (χ1) is 9.95. The van der Waals surface area contributed by atoms with Crippen molar-refractivity contribution in [1.82, 2.24) is 0 Å². The highest BCUT2D eigenvalue weighted by atomic mass is 19.3. The first-order valence-corrected chi connectivity index (χ1v) is 6.16. The van der Waals surface area contributed by atoms with Gasteiger partial charge in [0.05, 0.1) is 13.0 Å². The Balaban J connectivity index is 2.54. The summed E-state index contributed by atoms with van der Waals surface area (Å²) in [6.45, 7) is -0.735. The predicted octanol–water partition coefficient (Wildman–Crippen LogP) is 1.42. The fourth-order valence-electron chi connectivity index (χ4n) is 1.56. The largest absolute Gasteiger partial charge is 0.409 e. The highest BCUT2D eigenvalue weighted by Gasteiger charge is 2.12. The van der Waals surface area contributed by atoms with Gasteiger partial charge in [0.25, 0.3) is 6.43 Å². The highest BCUT2D eigenvalue weighted by Crippen LogP contribution is 2.14. The van der Waals surface area contributed by atoms with E-state index in [1.807, 2.05) is 0 Å². The van der Waals surface area contributed by atoms with Crippen LogP contribution in [0.25, 0.3) is 0 Å². The van der Waals surface area contributed by atoms with Crippen molar-refractivity contribution >= 4 is 17.4 Å². The molecule has 1 aromatic carbocycles. The Morgan fingerprint density at radius 3 is 2.57 bits per heavy atom. The first-order valence-electron chi connectivity index (χ1n) is 6.16. The highest BCUT2D eigenvalue weighted by molar-refractivity contribution is 5.98. The van der Waals surface area contributed by atoms with Crippen molar-refractivity contribution in [2.24, 2.45) is 10.9 Å². The summed E-state index contributed by atoms with van der Waals surface area (Å²) in [7, 11) is 1.56. The molecule has 0 aromatic heterocycles. The van der Waals surface area contributed by atoms with Crippen LogP contribution < -0.4 is 10.6 Å². The van der Waals surface area contributed by atoms with E-state index in [0.717, 1.165) is 0 Å². The lowest BCUT2D eigenvalue weighted by atomic mass is 10.2. The van der Waals surface area contributed by atoms with Crippen molar-refractivity contribution in [2.45, 2.75) is 12.8 Å². The van der Waals surface area contributed by atoms with Crippen LogP contribution in [0.2, 0.25) is 0 Å². The third-order valence-corrected chi connectivity index (χ3v) is 2.74.